The predicted molar refractivity (Wildman–Crippen MR) is 160 cm³/mol. The maximum atomic E-state index is 13.0. The number of carbonyl (C=O) groups excluding carboxylic acids is 3. The van der Waals surface area contributed by atoms with Crippen molar-refractivity contribution in [3.05, 3.63) is 83.7 Å². The van der Waals surface area contributed by atoms with Gasteiger partial charge in [0.25, 0.3) is 5.91 Å². The highest BCUT2D eigenvalue weighted by molar-refractivity contribution is 7.99. The largest absolute Gasteiger partial charge is 0.497 e. The molecule has 0 fully saturated rings. The van der Waals surface area contributed by atoms with Gasteiger partial charge in [-0.05, 0) is 55.5 Å². The molecule has 4 aromatic rings. The molecule has 3 aromatic carbocycles. The Morgan fingerprint density at radius 1 is 0.884 bits per heavy atom. The maximum Gasteiger partial charge on any atom is 0.338 e. The van der Waals surface area contributed by atoms with Gasteiger partial charge in [0.05, 0.1) is 57.0 Å². The molecule has 0 atom stereocenters. The summed E-state index contributed by atoms with van der Waals surface area (Å²) in [6, 6.07) is 18.5. The van der Waals surface area contributed by atoms with E-state index < -0.39 is 5.97 Å². The van der Waals surface area contributed by atoms with Crippen LogP contribution in [0.25, 0.3) is 5.69 Å². The van der Waals surface area contributed by atoms with Crippen LogP contribution >= 0.6 is 11.8 Å². The van der Waals surface area contributed by atoms with Crippen molar-refractivity contribution in [2.24, 2.45) is 0 Å². The van der Waals surface area contributed by atoms with Crippen molar-refractivity contribution in [1.82, 2.24) is 20.1 Å². The first-order valence-electron chi connectivity index (χ1n) is 13.2. The van der Waals surface area contributed by atoms with Crippen molar-refractivity contribution in [3.63, 3.8) is 0 Å². The van der Waals surface area contributed by atoms with Crippen LogP contribution in [0.5, 0.6) is 17.2 Å². The molecule has 0 saturated heterocycles. The number of benzene rings is 3. The zero-order valence-electron chi connectivity index (χ0n) is 24.1. The van der Waals surface area contributed by atoms with Gasteiger partial charge in [-0.2, -0.15) is 0 Å². The van der Waals surface area contributed by atoms with Gasteiger partial charge in [-0.3, -0.25) is 14.2 Å². The summed E-state index contributed by atoms with van der Waals surface area (Å²) in [6.45, 7) is 2.02. The van der Waals surface area contributed by atoms with Gasteiger partial charge in [0.2, 0.25) is 5.91 Å². The summed E-state index contributed by atoms with van der Waals surface area (Å²) in [6.07, 6.45) is 0. The fourth-order valence-electron chi connectivity index (χ4n) is 4.04. The first-order valence-corrected chi connectivity index (χ1v) is 14.1. The lowest BCUT2D eigenvalue weighted by molar-refractivity contribution is -0.113. The number of anilines is 1. The van der Waals surface area contributed by atoms with Crippen LogP contribution in [0.1, 0.15) is 33.5 Å². The molecule has 13 heteroatoms. The van der Waals surface area contributed by atoms with Gasteiger partial charge in [0.15, 0.2) is 11.0 Å². The third-order valence-corrected chi connectivity index (χ3v) is 7.03. The summed E-state index contributed by atoms with van der Waals surface area (Å²) in [5.41, 5.74) is 1.84. The Hall–Kier alpha value is -5.04. The summed E-state index contributed by atoms with van der Waals surface area (Å²) < 4.78 is 23.0. The maximum absolute atomic E-state index is 13.0. The molecule has 1 aromatic heterocycles. The number of hydrogen-bond donors (Lipinski definition) is 2. The van der Waals surface area contributed by atoms with Crippen molar-refractivity contribution >= 4 is 35.2 Å². The van der Waals surface area contributed by atoms with Crippen molar-refractivity contribution in [1.29, 1.82) is 0 Å². The Kier molecular flexibility index (Phi) is 10.6. The normalized spacial score (nSPS) is 10.5. The number of esters is 1. The van der Waals surface area contributed by atoms with Crippen LogP contribution in [0, 0.1) is 0 Å². The average molecular weight is 606 g/mol. The number of ether oxygens (including phenoxy) is 4. The minimum Gasteiger partial charge on any atom is -0.497 e. The third-order valence-electron chi connectivity index (χ3n) is 6.10. The quantitative estimate of drug-likeness (QED) is 0.169. The van der Waals surface area contributed by atoms with E-state index in [-0.39, 0.29) is 30.7 Å². The molecule has 2 amide bonds. The second-order valence-electron chi connectivity index (χ2n) is 8.79. The first-order chi connectivity index (χ1) is 20.9. The molecule has 0 aliphatic carbocycles. The van der Waals surface area contributed by atoms with E-state index in [0.29, 0.717) is 50.7 Å². The molecule has 12 nitrogen and oxygen atoms in total. The molecule has 43 heavy (non-hydrogen) atoms. The van der Waals surface area contributed by atoms with E-state index in [1.165, 1.54) is 14.2 Å². The number of hydrogen-bond acceptors (Lipinski definition) is 10. The lowest BCUT2D eigenvalue weighted by Gasteiger charge is -2.15. The second kappa shape index (κ2) is 14.7. The molecule has 2 N–H and O–H groups in total. The van der Waals surface area contributed by atoms with E-state index in [0.717, 1.165) is 11.8 Å². The van der Waals surface area contributed by atoms with E-state index in [2.05, 4.69) is 20.8 Å². The molecule has 0 saturated carbocycles. The number of methoxy groups -OCH3 is 3. The fraction of sp³-hybridized carbons (Fsp3) is 0.233. The number of rotatable bonds is 13. The van der Waals surface area contributed by atoms with Crippen LogP contribution in [0.15, 0.2) is 71.9 Å². The number of nitrogens with one attached hydrogen (secondary N) is 2. The van der Waals surface area contributed by atoms with Crippen LogP contribution in [-0.4, -0.2) is 66.2 Å². The Morgan fingerprint density at radius 2 is 1.63 bits per heavy atom. The van der Waals surface area contributed by atoms with Gasteiger partial charge < -0.3 is 29.6 Å². The minimum atomic E-state index is -0.432. The molecular weight excluding hydrogens is 574 g/mol. The second-order valence-corrected chi connectivity index (χ2v) is 9.73. The van der Waals surface area contributed by atoms with Crippen molar-refractivity contribution in [2.45, 2.75) is 18.6 Å². The van der Waals surface area contributed by atoms with Gasteiger partial charge in [-0.25, -0.2) is 4.79 Å². The summed E-state index contributed by atoms with van der Waals surface area (Å²) >= 11 is 1.15. The number of aromatic nitrogens is 3. The van der Waals surface area contributed by atoms with Gasteiger partial charge in [0, 0.05) is 11.8 Å². The van der Waals surface area contributed by atoms with Crippen LogP contribution in [0.3, 0.4) is 0 Å². The molecule has 1 heterocycles. The van der Waals surface area contributed by atoms with Gasteiger partial charge in [0.1, 0.15) is 17.2 Å². The standard InChI is InChI=1S/C30H31N5O7S/c1-5-42-29(38)19-10-12-20(13-11-19)32-27(36)18-43-30-34-33-26(17-31-28(37)22-8-6-7-9-24(22)40-3)35(30)23-16-21(39-2)14-15-25(23)41-4/h6-16H,5,17-18H2,1-4H3,(H,31,37)(H,32,36). The molecule has 4 rings (SSSR count). The Labute approximate surface area is 252 Å². The number of amides is 2. The van der Waals surface area contributed by atoms with Crippen molar-refractivity contribution in [2.75, 3.05) is 39.0 Å². The van der Waals surface area contributed by atoms with Crippen LogP contribution in [0.2, 0.25) is 0 Å². The third kappa shape index (κ3) is 7.63. The van der Waals surface area contributed by atoms with Crippen molar-refractivity contribution in [3.8, 4) is 22.9 Å². The molecular formula is C30H31N5O7S. The van der Waals surface area contributed by atoms with Crippen LogP contribution in [-0.2, 0) is 16.1 Å². The summed E-state index contributed by atoms with van der Waals surface area (Å²) in [5.74, 6) is 0.815. The molecule has 0 bridgehead atoms. The van der Waals surface area contributed by atoms with Gasteiger partial charge >= 0.3 is 5.97 Å². The molecule has 0 radical (unpaired) electrons. The number of carbonyl (C=O) groups is 3. The Morgan fingerprint density at radius 3 is 2.33 bits per heavy atom. The van der Waals surface area contributed by atoms with Crippen LogP contribution in [0.4, 0.5) is 5.69 Å². The minimum absolute atomic E-state index is 0.00236. The SMILES string of the molecule is CCOC(=O)c1ccc(NC(=O)CSc2nnc(CNC(=O)c3ccccc3OC)n2-c2cc(OC)ccc2OC)cc1. The average Bonchev–Trinajstić information content (AvgIpc) is 3.45. The van der Waals surface area contributed by atoms with E-state index in [9.17, 15) is 14.4 Å². The van der Waals surface area contributed by atoms with E-state index in [1.807, 2.05) is 0 Å². The molecule has 0 aliphatic heterocycles. The summed E-state index contributed by atoms with van der Waals surface area (Å²) in [4.78, 5) is 37.7. The van der Waals surface area contributed by atoms with E-state index in [4.69, 9.17) is 18.9 Å². The highest BCUT2D eigenvalue weighted by Gasteiger charge is 2.21. The Balaban J connectivity index is 1.55. The summed E-state index contributed by atoms with van der Waals surface area (Å²) in [7, 11) is 4.58. The lowest BCUT2D eigenvalue weighted by atomic mass is 10.2. The van der Waals surface area contributed by atoms with E-state index >= 15 is 0 Å². The monoisotopic (exact) mass is 605 g/mol. The summed E-state index contributed by atoms with van der Waals surface area (Å²) in [5, 5.41) is 14.7. The Bertz CT molecular complexity index is 1590. The fourth-order valence-corrected chi connectivity index (χ4v) is 4.80. The van der Waals surface area contributed by atoms with E-state index in [1.54, 1.807) is 85.3 Å². The highest BCUT2D eigenvalue weighted by Crippen LogP contribution is 2.32. The zero-order valence-corrected chi connectivity index (χ0v) is 24.9. The first kappa shape index (κ1) is 30.9. The van der Waals surface area contributed by atoms with Gasteiger partial charge in [-0.1, -0.05) is 23.9 Å². The van der Waals surface area contributed by atoms with Crippen molar-refractivity contribution < 1.29 is 33.3 Å². The number of thioether (sulfide) groups is 1. The molecule has 224 valence electrons. The molecule has 0 spiro atoms. The van der Waals surface area contributed by atoms with Crippen LogP contribution < -0.4 is 24.8 Å². The molecule has 0 aliphatic rings. The molecule has 0 unspecified atom stereocenters. The lowest BCUT2D eigenvalue weighted by Crippen LogP contribution is -2.25. The number of para-hydroxylation sites is 1. The van der Waals surface area contributed by atoms with Gasteiger partial charge in [-0.15, -0.1) is 10.2 Å². The predicted octanol–water partition coefficient (Wildman–Crippen LogP) is 4.13. The highest BCUT2D eigenvalue weighted by atomic mass is 32.2. The zero-order chi connectivity index (χ0) is 30.8. The topological polar surface area (TPSA) is 143 Å². The number of nitrogens with zero attached hydrogens (tertiary/aromatic N) is 3. The smallest absolute Gasteiger partial charge is 0.338 e.